The zero-order valence-corrected chi connectivity index (χ0v) is 19.7. The first kappa shape index (κ1) is 23.1. The van der Waals surface area contributed by atoms with Gasteiger partial charge in [0.15, 0.2) is 0 Å². The van der Waals surface area contributed by atoms with Crippen molar-refractivity contribution >= 4 is 22.6 Å². The van der Waals surface area contributed by atoms with Crippen LogP contribution in [0.15, 0.2) is 106 Å². The summed E-state index contributed by atoms with van der Waals surface area (Å²) in [5.41, 5.74) is 3.67. The van der Waals surface area contributed by atoms with E-state index < -0.39 is 11.8 Å². The molecule has 0 saturated carbocycles. The molecule has 1 heterocycles. The first-order valence-corrected chi connectivity index (χ1v) is 11.3. The average molecular weight is 480 g/mol. The van der Waals surface area contributed by atoms with Crippen molar-refractivity contribution in [3.05, 3.63) is 119 Å². The van der Waals surface area contributed by atoms with E-state index in [0.717, 1.165) is 33.2 Å². The largest absolute Gasteiger partial charge is 0.497 e. The maximum atomic E-state index is 13.1. The molecule has 4 aromatic carbocycles. The van der Waals surface area contributed by atoms with E-state index >= 15 is 0 Å². The monoisotopic (exact) mass is 479 g/mol. The van der Waals surface area contributed by atoms with Crippen molar-refractivity contribution in [1.29, 1.82) is 0 Å². The van der Waals surface area contributed by atoms with Crippen molar-refractivity contribution in [3.63, 3.8) is 0 Å². The predicted molar refractivity (Wildman–Crippen MR) is 136 cm³/mol. The quantitative estimate of drug-likeness (QED) is 0.201. The second-order valence-electron chi connectivity index (χ2n) is 8.23. The van der Waals surface area contributed by atoms with E-state index in [0.29, 0.717) is 17.2 Å². The Balaban J connectivity index is 1.49. The van der Waals surface area contributed by atoms with Crippen LogP contribution in [-0.2, 0) is 0 Å². The summed E-state index contributed by atoms with van der Waals surface area (Å²) in [6.45, 7) is 2.02. The third-order valence-corrected chi connectivity index (χ3v) is 5.65. The minimum atomic E-state index is -0.560. The number of nitrogens with zero attached hydrogens (tertiary/aromatic N) is 1. The van der Waals surface area contributed by atoms with Crippen LogP contribution < -0.4 is 14.8 Å². The van der Waals surface area contributed by atoms with Gasteiger partial charge in [0.05, 0.1) is 23.7 Å². The fraction of sp³-hybridized carbons (Fsp3) is 0.0667. The van der Waals surface area contributed by atoms with Gasteiger partial charge in [-0.25, -0.2) is 14.2 Å². The second-order valence-corrected chi connectivity index (χ2v) is 8.23. The van der Waals surface area contributed by atoms with Crippen LogP contribution in [0.2, 0.25) is 0 Å². The molecule has 0 amide bonds. The van der Waals surface area contributed by atoms with Gasteiger partial charge in [-0.2, -0.15) is 0 Å². The SMILES string of the molecule is COc1ccc(-c2cc(=Nc3ccc(OC(=O)c4ccc(F)cc4)cc3)c3cc(C)ccc3o2)cc1. The van der Waals surface area contributed by atoms with Gasteiger partial charge < -0.3 is 13.9 Å². The summed E-state index contributed by atoms with van der Waals surface area (Å²) in [7, 11) is 1.63. The zero-order chi connectivity index (χ0) is 25.1. The standard InChI is InChI=1S/C30H22FNO4/c1-19-3-16-28-26(17-19)27(18-29(36-28)20-6-12-24(34-2)13-7-20)32-23-10-14-25(15-11-23)35-30(33)21-4-8-22(31)9-5-21/h3-18H,1-2H3. The predicted octanol–water partition coefficient (Wildman–Crippen LogP) is 7.01. The normalized spacial score (nSPS) is 11.5. The fourth-order valence-electron chi connectivity index (χ4n) is 3.75. The van der Waals surface area contributed by atoms with E-state index in [1.54, 1.807) is 31.4 Å². The number of carbonyl (C=O) groups is 1. The first-order chi connectivity index (χ1) is 17.5. The minimum absolute atomic E-state index is 0.270. The molecule has 0 bridgehead atoms. The summed E-state index contributed by atoms with van der Waals surface area (Å²) in [6, 6.07) is 27.6. The summed E-state index contributed by atoms with van der Waals surface area (Å²) in [4.78, 5) is 17.2. The van der Waals surface area contributed by atoms with Gasteiger partial charge >= 0.3 is 5.97 Å². The number of carbonyl (C=O) groups excluding carboxylic acids is 1. The highest BCUT2D eigenvalue weighted by Crippen LogP contribution is 2.26. The Morgan fingerprint density at radius 3 is 2.22 bits per heavy atom. The van der Waals surface area contributed by atoms with Crippen LogP contribution in [-0.4, -0.2) is 13.1 Å². The van der Waals surface area contributed by atoms with Crippen molar-refractivity contribution in [2.45, 2.75) is 6.92 Å². The third kappa shape index (κ3) is 5.03. The fourth-order valence-corrected chi connectivity index (χ4v) is 3.75. The lowest BCUT2D eigenvalue weighted by Gasteiger charge is -2.07. The van der Waals surface area contributed by atoms with Crippen molar-refractivity contribution in [3.8, 4) is 22.8 Å². The highest BCUT2D eigenvalue weighted by molar-refractivity contribution is 5.91. The molecule has 1 aromatic heterocycles. The molecule has 0 radical (unpaired) electrons. The van der Waals surface area contributed by atoms with Crippen LogP contribution >= 0.6 is 0 Å². The lowest BCUT2D eigenvalue weighted by atomic mass is 10.1. The van der Waals surface area contributed by atoms with Gasteiger partial charge in [0, 0.05) is 17.0 Å². The van der Waals surface area contributed by atoms with E-state index in [4.69, 9.17) is 18.9 Å². The van der Waals surface area contributed by atoms with E-state index in [-0.39, 0.29) is 5.56 Å². The molecule has 178 valence electrons. The summed E-state index contributed by atoms with van der Waals surface area (Å²) in [6.07, 6.45) is 0. The van der Waals surface area contributed by atoms with Crippen molar-refractivity contribution in [2.24, 2.45) is 4.99 Å². The molecule has 0 N–H and O–H groups in total. The molecule has 6 heteroatoms. The van der Waals surface area contributed by atoms with Gasteiger partial charge in [0.2, 0.25) is 0 Å². The minimum Gasteiger partial charge on any atom is -0.497 e. The lowest BCUT2D eigenvalue weighted by Crippen LogP contribution is -2.08. The van der Waals surface area contributed by atoms with Crippen LogP contribution in [0, 0.1) is 12.7 Å². The van der Waals surface area contributed by atoms with Crippen LogP contribution in [0.3, 0.4) is 0 Å². The molecule has 36 heavy (non-hydrogen) atoms. The number of methoxy groups -OCH3 is 1. The second kappa shape index (κ2) is 9.88. The summed E-state index contributed by atoms with van der Waals surface area (Å²) in [5.74, 6) is 0.836. The summed E-state index contributed by atoms with van der Waals surface area (Å²) in [5, 5.41) is 1.64. The van der Waals surface area contributed by atoms with Crippen LogP contribution in [0.1, 0.15) is 15.9 Å². The van der Waals surface area contributed by atoms with Crippen LogP contribution in [0.4, 0.5) is 10.1 Å². The summed E-state index contributed by atoms with van der Waals surface area (Å²) >= 11 is 0. The Labute approximate surface area is 207 Å². The van der Waals surface area contributed by atoms with Gasteiger partial charge in [-0.1, -0.05) is 11.6 Å². The number of fused-ring (bicyclic) bond motifs is 1. The highest BCUT2D eigenvalue weighted by Gasteiger charge is 2.10. The molecular weight excluding hydrogens is 457 g/mol. The Hall–Kier alpha value is -4.71. The number of halogens is 1. The van der Waals surface area contributed by atoms with E-state index in [9.17, 15) is 9.18 Å². The Morgan fingerprint density at radius 1 is 0.833 bits per heavy atom. The van der Waals surface area contributed by atoms with E-state index in [1.807, 2.05) is 55.5 Å². The average Bonchev–Trinajstić information content (AvgIpc) is 2.90. The van der Waals surface area contributed by atoms with Gasteiger partial charge in [0.25, 0.3) is 0 Å². The number of hydrogen-bond acceptors (Lipinski definition) is 5. The first-order valence-electron chi connectivity index (χ1n) is 11.3. The zero-order valence-electron chi connectivity index (χ0n) is 19.7. The number of hydrogen-bond donors (Lipinski definition) is 0. The summed E-state index contributed by atoms with van der Waals surface area (Å²) < 4.78 is 29.9. The van der Waals surface area contributed by atoms with Crippen molar-refractivity contribution in [2.75, 3.05) is 7.11 Å². The van der Waals surface area contributed by atoms with Gasteiger partial charge in [-0.05, 0) is 91.9 Å². The molecule has 0 spiro atoms. The number of esters is 1. The topological polar surface area (TPSA) is 61.0 Å². The number of rotatable bonds is 5. The number of benzene rings is 4. The van der Waals surface area contributed by atoms with Crippen molar-refractivity contribution < 1.29 is 23.1 Å². The maximum absolute atomic E-state index is 13.1. The number of aryl methyl sites for hydroxylation is 1. The molecule has 5 rings (SSSR count). The molecule has 0 fully saturated rings. The van der Waals surface area contributed by atoms with Crippen LogP contribution in [0.5, 0.6) is 11.5 Å². The third-order valence-electron chi connectivity index (χ3n) is 5.65. The maximum Gasteiger partial charge on any atom is 0.343 e. The molecule has 5 nitrogen and oxygen atoms in total. The molecule has 0 atom stereocenters. The van der Waals surface area contributed by atoms with E-state index in [1.165, 1.54) is 24.3 Å². The smallest absolute Gasteiger partial charge is 0.343 e. The molecule has 0 aliphatic carbocycles. The molecular formula is C30H22FNO4. The Morgan fingerprint density at radius 2 is 1.53 bits per heavy atom. The van der Waals surface area contributed by atoms with Crippen LogP contribution in [0.25, 0.3) is 22.3 Å². The van der Waals surface area contributed by atoms with Gasteiger partial charge in [0.1, 0.15) is 28.7 Å². The molecule has 0 aliphatic heterocycles. The molecule has 0 aliphatic rings. The van der Waals surface area contributed by atoms with Gasteiger partial charge in [-0.15, -0.1) is 0 Å². The molecule has 5 aromatic rings. The van der Waals surface area contributed by atoms with Gasteiger partial charge in [-0.3, -0.25) is 0 Å². The molecule has 0 unspecified atom stereocenters. The number of ether oxygens (including phenoxy) is 2. The highest BCUT2D eigenvalue weighted by atomic mass is 19.1. The van der Waals surface area contributed by atoms with E-state index in [2.05, 4.69) is 0 Å². The van der Waals surface area contributed by atoms with Crippen molar-refractivity contribution in [1.82, 2.24) is 0 Å². The Kier molecular flexibility index (Phi) is 6.33. The lowest BCUT2D eigenvalue weighted by molar-refractivity contribution is 0.0734. The molecule has 0 saturated heterocycles. The Bertz CT molecular complexity index is 1600.